The van der Waals surface area contributed by atoms with Gasteiger partial charge >= 0.3 is 0 Å². The fraction of sp³-hybridized carbons (Fsp3) is 0.750. The van der Waals surface area contributed by atoms with Crippen molar-refractivity contribution in [2.75, 3.05) is 31.9 Å². The Bertz CT molecular complexity index is 684. The van der Waals surface area contributed by atoms with Crippen LogP contribution < -0.4 is 5.73 Å². The van der Waals surface area contributed by atoms with E-state index in [0.717, 1.165) is 50.7 Å². The molecule has 4 heterocycles. The van der Waals surface area contributed by atoms with E-state index in [0.29, 0.717) is 5.82 Å². The fourth-order valence-electron chi connectivity index (χ4n) is 3.78. The van der Waals surface area contributed by atoms with Crippen molar-refractivity contribution < 1.29 is 4.63 Å². The van der Waals surface area contributed by atoms with Gasteiger partial charge in [0, 0.05) is 13.1 Å². The molecule has 0 amide bonds. The summed E-state index contributed by atoms with van der Waals surface area (Å²) in [6, 6.07) is 0. The average molecular weight is 346 g/mol. The van der Waals surface area contributed by atoms with Crippen LogP contribution in [0.2, 0.25) is 0 Å². The normalized spacial score (nSPS) is 20.2. The molecule has 9 nitrogen and oxygen atoms in total. The maximum absolute atomic E-state index is 5.89. The Labute approximate surface area is 147 Å². The summed E-state index contributed by atoms with van der Waals surface area (Å²) < 4.78 is 6.47. The highest BCUT2D eigenvalue weighted by Crippen LogP contribution is 2.21. The van der Waals surface area contributed by atoms with Gasteiger partial charge in [0.2, 0.25) is 11.6 Å². The molecule has 4 rings (SSSR count). The van der Waals surface area contributed by atoms with Crippen LogP contribution >= 0.6 is 0 Å². The minimum atomic E-state index is 0.245. The number of hydrogen-bond acceptors (Lipinski definition) is 8. The Morgan fingerprint density at radius 3 is 2.08 bits per heavy atom. The predicted molar refractivity (Wildman–Crippen MR) is 91.9 cm³/mol. The van der Waals surface area contributed by atoms with Gasteiger partial charge in [0.15, 0.2) is 0 Å². The lowest BCUT2D eigenvalue weighted by molar-refractivity contribution is 0.206. The molecule has 2 aromatic heterocycles. The highest BCUT2D eigenvalue weighted by molar-refractivity contribution is 5.44. The first-order valence-electron chi connectivity index (χ1n) is 9.28. The third kappa shape index (κ3) is 3.67. The highest BCUT2D eigenvalue weighted by atomic mass is 16.6. The lowest BCUT2D eigenvalue weighted by Gasteiger charge is -2.28. The second kappa shape index (κ2) is 7.49. The number of hydrogen-bond donors (Lipinski definition) is 1. The molecule has 2 fully saturated rings. The zero-order valence-electron chi connectivity index (χ0n) is 14.6. The molecule has 0 aromatic carbocycles. The van der Waals surface area contributed by atoms with Gasteiger partial charge in [-0.25, -0.2) is 4.63 Å². The second-order valence-corrected chi connectivity index (χ2v) is 7.04. The fourth-order valence-corrected chi connectivity index (χ4v) is 3.78. The van der Waals surface area contributed by atoms with Gasteiger partial charge in [0.05, 0.1) is 5.69 Å². The van der Waals surface area contributed by atoms with Crippen molar-refractivity contribution in [3.63, 3.8) is 0 Å². The van der Waals surface area contributed by atoms with Crippen molar-refractivity contribution in [2.24, 2.45) is 0 Å². The van der Waals surface area contributed by atoms with E-state index in [9.17, 15) is 0 Å². The summed E-state index contributed by atoms with van der Waals surface area (Å²) in [6.45, 7) is 6.12. The summed E-state index contributed by atoms with van der Waals surface area (Å²) in [6.07, 6.45) is 7.65. The molecule has 0 aliphatic carbocycles. The van der Waals surface area contributed by atoms with Crippen molar-refractivity contribution in [1.82, 2.24) is 35.1 Å². The number of rotatable bonds is 5. The van der Waals surface area contributed by atoms with Crippen LogP contribution in [0.1, 0.15) is 49.9 Å². The molecule has 2 saturated heterocycles. The summed E-state index contributed by atoms with van der Waals surface area (Å²) in [5.74, 6) is 0.679. The second-order valence-electron chi connectivity index (χ2n) is 7.04. The number of nitrogen functional groups attached to an aromatic ring is 1. The Morgan fingerprint density at radius 2 is 1.48 bits per heavy atom. The quantitative estimate of drug-likeness (QED) is 0.862. The van der Waals surface area contributed by atoms with Crippen LogP contribution in [0.4, 0.5) is 5.82 Å². The van der Waals surface area contributed by atoms with E-state index in [2.05, 4.69) is 30.4 Å². The molecule has 0 unspecified atom stereocenters. The van der Waals surface area contributed by atoms with E-state index in [1.54, 1.807) is 4.68 Å². The summed E-state index contributed by atoms with van der Waals surface area (Å²) in [5, 5.41) is 16.4. The Kier molecular flexibility index (Phi) is 4.93. The summed E-state index contributed by atoms with van der Waals surface area (Å²) in [5.41, 5.74) is 7.95. The zero-order valence-corrected chi connectivity index (χ0v) is 14.6. The van der Waals surface area contributed by atoms with Crippen molar-refractivity contribution in [1.29, 1.82) is 0 Å². The molecule has 136 valence electrons. The minimum absolute atomic E-state index is 0.245. The monoisotopic (exact) mass is 346 g/mol. The summed E-state index contributed by atoms with van der Waals surface area (Å²) in [4.78, 5) is 4.92. The molecule has 25 heavy (non-hydrogen) atoms. The Morgan fingerprint density at radius 1 is 0.840 bits per heavy atom. The van der Waals surface area contributed by atoms with Crippen LogP contribution in [0.25, 0.3) is 5.82 Å². The molecule has 0 saturated carbocycles. The van der Waals surface area contributed by atoms with E-state index in [1.807, 2.05) is 0 Å². The first-order chi connectivity index (χ1) is 12.3. The smallest absolute Gasteiger partial charge is 0.243 e. The molecule has 0 bridgehead atoms. The third-order valence-corrected chi connectivity index (χ3v) is 5.18. The van der Waals surface area contributed by atoms with Gasteiger partial charge < -0.3 is 5.73 Å². The standard InChI is InChI=1S/C16H26N8O/c17-15-16(20-25-19-15)24-14(12-23-9-5-2-6-10-23)13(18-21-24)11-22-7-3-1-4-8-22/h1-12H2,(H2,17,19). The van der Waals surface area contributed by atoms with Gasteiger partial charge in [-0.15, -0.1) is 5.10 Å². The molecule has 9 heteroatoms. The lowest BCUT2D eigenvalue weighted by atomic mass is 10.1. The van der Waals surface area contributed by atoms with Gasteiger partial charge in [-0.3, -0.25) is 9.80 Å². The van der Waals surface area contributed by atoms with Crippen molar-refractivity contribution >= 4 is 5.82 Å². The maximum atomic E-state index is 5.89. The third-order valence-electron chi connectivity index (χ3n) is 5.18. The van der Waals surface area contributed by atoms with E-state index in [4.69, 9.17) is 10.4 Å². The topological polar surface area (TPSA) is 102 Å². The summed E-state index contributed by atoms with van der Waals surface area (Å²) >= 11 is 0. The van der Waals surface area contributed by atoms with E-state index in [-0.39, 0.29) is 5.82 Å². The van der Waals surface area contributed by atoms with Crippen LogP contribution in [0.5, 0.6) is 0 Å². The SMILES string of the molecule is Nc1nonc1-n1nnc(CN2CCCCC2)c1CN1CCCCC1. The van der Waals surface area contributed by atoms with E-state index < -0.39 is 0 Å². The largest absolute Gasteiger partial charge is 0.378 e. The molecular formula is C16H26N8O. The number of likely N-dealkylation sites (tertiary alicyclic amines) is 2. The van der Waals surface area contributed by atoms with Crippen LogP contribution in [0.3, 0.4) is 0 Å². The van der Waals surface area contributed by atoms with Crippen LogP contribution in [0.15, 0.2) is 4.63 Å². The predicted octanol–water partition coefficient (Wildman–Crippen LogP) is 1.20. The average Bonchev–Trinajstić information content (AvgIpc) is 3.23. The lowest BCUT2D eigenvalue weighted by Crippen LogP contribution is -2.32. The molecule has 0 spiro atoms. The Balaban J connectivity index is 1.60. The zero-order chi connectivity index (χ0) is 17.1. The van der Waals surface area contributed by atoms with Crippen LogP contribution in [-0.2, 0) is 13.1 Å². The van der Waals surface area contributed by atoms with E-state index >= 15 is 0 Å². The van der Waals surface area contributed by atoms with Gasteiger partial charge in [-0.1, -0.05) is 18.1 Å². The van der Waals surface area contributed by atoms with Crippen LogP contribution in [0, 0.1) is 0 Å². The number of piperidine rings is 2. The van der Waals surface area contributed by atoms with Gasteiger partial charge in [-0.2, -0.15) is 4.68 Å². The molecular weight excluding hydrogens is 320 g/mol. The number of nitrogens with zero attached hydrogens (tertiary/aromatic N) is 7. The van der Waals surface area contributed by atoms with Crippen molar-refractivity contribution in [3.8, 4) is 5.82 Å². The summed E-state index contributed by atoms with van der Waals surface area (Å²) in [7, 11) is 0. The number of aromatic nitrogens is 5. The highest BCUT2D eigenvalue weighted by Gasteiger charge is 2.24. The van der Waals surface area contributed by atoms with Gasteiger partial charge in [-0.05, 0) is 62.2 Å². The molecule has 0 radical (unpaired) electrons. The first kappa shape index (κ1) is 16.5. The van der Waals surface area contributed by atoms with Gasteiger partial charge in [0.1, 0.15) is 5.69 Å². The van der Waals surface area contributed by atoms with E-state index in [1.165, 1.54) is 38.5 Å². The molecule has 0 atom stereocenters. The van der Waals surface area contributed by atoms with Crippen molar-refractivity contribution in [2.45, 2.75) is 51.6 Å². The van der Waals surface area contributed by atoms with Gasteiger partial charge in [0.25, 0.3) is 0 Å². The molecule has 2 aliphatic heterocycles. The number of nitrogens with two attached hydrogens (primary N) is 1. The number of anilines is 1. The van der Waals surface area contributed by atoms with Crippen molar-refractivity contribution in [3.05, 3.63) is 11.4 Å². The Hall–Kier alpha value is -2.00. The molecule has 2 aromatic rings. The first-order valence-corrected chi connectivity index (χ1v) is 9.28. The minimum Gasteiger partial charge on any atom is -0.378 e. The maximum Gasteiger partial charge on any atom is 0.243 e. The van der Waals surface area contributed by atoms with Crippen LogP contribution in [-0.4, -0.2) is 61.3 Å². The molecule has 2 N–H and O–H groups in total. The molecule has 2 aliphatic rings.